The quantitative estimate of drug-likeness (QED) is 0.149. The maximum Gasteiger partial charge on any atom is 0.327 e. The summed E-state index contributed by atoms with van der Waals surface area (Å²) in [7, 11) is -2.34. The van der Waals surface area contributed by atoms with Gasteiger partial charge in [-0.25, -0.2) is 0 Å². The second kappa shape index (κ2) is 23.5. The Balaban J connectivity index is 0.000000708. The van der Waals surface area contributed by atoms with E-state index >= 15 is 0 Å². The number of aliphatic hydroxyl groups is 3. The fourth-order valence-electron chi connectivity index (χ4n) is 8.30. The topological polar surface area (TPSA) is 136 Å². The van der Waals surface area contributed by atoms with Crippen LogP contribution in [0.5, 0.6) is 0 Å². The minimum absolute atomic E-state index is 0.327. The van der Waals surface area contributed by atoms with E-state index in [0.717, 1.165) is 0 Å². The highest BCUT2D eigenvalue weighted by Gasteiger charge is 2.52. The van der Waals surface area contributed by atoms with Gasteiger partial charge in [0.05, 0.1) is 31.0 Å². The molecule has 43 heavy (non-hydrogen) atoms. The smallest absolute Gasteiger partial charge is 0.327 e. The van der Waals surface area contributed by atoms with Crippen molar-refractivity contribution in [3.63, 3.8) is 0 Å². The first-order chi connectivity index (χ1) is 20.9. The van der Waals surface area contributed by atoms with E-state index in [4.69, 9.17) is 25.6 Å². The summed E-state index contributed by atoms with van der Waals surface area (Å²) >= 11 is 0. The monoisotopic (exact) mass is 631 g/mol. The molecule has 0 unspecified atom stereocenters. The first-order valence-electron chi connectivity index (χ1n) is 18.4. The van der Waals surface area contributed by atoms with E-state index in [1.54, 1.807) is 0 Å². The summed E-state index contributed by atoms with van der Waals surface area (Å²) in [5, 5.41) is 25.0. The van der Waals surface area contributed by atoms with Gasteiger partial charge in [-0.2, -0.15) is 0 Å². The van der Waals surface area contributed by atoms with Crippen molar-refractivity contribution in [2.45, 2.75) is 185 Å². The van der Waals surface area contributed by atoms with Crippen LogP contribution in [0.25, 0.3) is 0 Å². The summed E-state index contributed by atoms with van der Waals surface area (Å²) < 4.78 is 6.74. The summed E-state index contributed by atoms with van der Waals surface area (Å²) in [6.07, 6.45) is 35.7. The summed E-state index contributed by atoms with van der Waals surface area (Å²) in [6, 6.07) is 0. The molecule has 0 aromatic rings. The van der Waals surface area contributed by atoms with Gasteiger partial charge in [0.25, 0.3) is 0 Å². The van der Waals surface area contributed by atoms with Crippen molar-refractivity contribution in [3.05, 3.63) is 0 Å². The van der Waals surface area contributed by atoms with Gasteiger partial charge in [0.1, 0.15) is 0 Å². The van der Waals surface area contributed by atoms with E-state index in [2.05, 4.69) is 0 Å². The van der Waals surface area contributed by atoms with Crippen molar-refractivity contribution in [2.75, 3.05) is 19.8 Å². The normalized spacial score (nSPS) is 23.2. The molecule has 0 amide bonds. The van der Waals surface area contributed by atoms with E-state index in [9.17, 15) is 9.79 Å². The van der Waals surface area contributed by atoms with E-state index < -0.39 is 34.0 Å². The first kappa shape index (κ1) is 39.3. The Morgan fingerprint density at radius 2 is 0.651 bits per heavy atom. The van der Waals surface area contributed by atoms with Crippen LogP contribution in [-0.4, -0.2) is 56.1 Å². The highest BCUT2D eigenvalue weighted by molar-refractivity contribution is 7.39. The minimum atomic E-state index is -2.34. The average Bonchev–Trinajstić information content (AvgIpc) is 3.03. The van der Waals surface area contributed by atoms with Crippen LogP contribution < -0.4 is 5.73 Å². The Morgan fingerprint density at radius 1 is 0.442 bits per heavy atom. The molecule has 0 spiro atoms. The fraction of sp³-hybridized carbons (Fsp3) is 1.00. The Bertz CT molecular complexity index is 561. The Labute approximate surface area is 265 Å². The molecule has 0 aromatic carbocycles. The molecule has 7 N–H and O–H groups in total. The van der Waals surface area contributed by atoms with Gasteiger partial charge in [0.15, 0.2) is 0 Å². The maximum atomic E-state index is 10.6. The van der Waals surface area contributed by atoms with Gasteiger partial charge in [-0.05, 0) is 56.3 Å². The van der Waals surface area contributed by atoms with Gasteiger partial charge in [0.2, 0.25) is 0 Å². The zero-order valence-corrected chi connectivity index (χ0v) is 28.5. The second-order valence-electron chi connectivity index (χ2n) is 14.3. The van der Waals surface area contributed by atoms with Crippen LogP contribution in [0.2, 0.25) is 0 Å². The van der Waals surface area contributed by atoms with Crippen molar-refractivity contribution in [1.82, 2.24) is 0 Å². The number of nitrogens with two attached hydrogens (primary N) is 1. The van der Waals surface area contributed by atoms with Crippen LogP contribution in [0.3, 0.4) is 0 Å². The molecule has 0 bridgehead atoms. The van der Waals surface area contributed by atoms with E-state index in [-0.39, 0.29) is 5.60 Å². The number of aliphatic hydroxyl groups excluding tert-OH is 3. The summed E-state index contributed by atoms with van der Waals surface area (Å²) in [6.45, 7) is -1.21. The molecular formula is C35H70NO6P. The lowest BCUT2D eigenvalue weighted by molar-refractivity contribution is -0.117. The van der Waals surface area contributed by atoms with Gasteiger partial charge in [-0.1, -0.05) is 135 Å². The Kier molecular flexibility index (Phi) is 21.5. The summed E-state index contributed by atoms with van der Waals surface area (Å²) in [4.78, 5) is 21.1. The third kappa shape index (κ3) is 14.6. The predicted molar refractivity (Wildman–Crippen MR) is 178 cm³/mol. The third-order valence-electron chi connectivity index (χ3n) is 10.9. The van der Waals surface area contributed by atoms with E-state index in [1.165, 1.54) is 173 Å². The molecule has 0 aromatic heterocycles. The average molecular weight is 632 g/mol. The number of hydrogen-bond donors (Lipinski definition) is 6. The first-order valence-corrected chi connectivity index (χ1v) is 19.6. The van der Waals surface area contributed by atoms with Crippen LogP contribution in [0.15, 0.2) is 0 Å². The minimum Gasteiger partial charge on any atom is -0.394 e. The Morgan fingerprint density at radius 3 is 0.814 bits per heavy atom. The highest BCUT2D eigenvalue weighted by atomic mass is 31.2. The van der Waals surface area contributed by atoms with Crippen molar-refractivity contribution < 1.29 is 29.6 Å². The molecule has 8 heteroatoms. The van der Waals surface area contributed by atoms with Gasteiger partial charge in [0, 0.05) is 0 Å². The highest BCUT2D eigenvalue weighted by Crippen LogP contribution is 2.55. The molecule has 0 aliphatic heterocycles. The molecule has 7 nitrogen and oxygen atoms in total. The molecule has 3 saturated carbocycles. The zero-order chi connectivity index (χ0) is 31.2. The molecule has 3 rings (SSSR count). The molecule has 256 valence electrons. The van der Waals surface area contributed by atoms with Crippen molar-refractivity contribution in [1.29, 1.82) is 0 Å². The van der Waals surface area contributed by atoms with Crippen LogP contribution in [0, 0.1) is 17.8 Å². The van der Waals surface area contributed by atoms with Gasteiger partial charge < -0.3 is 35.4 Å². The maximum absolute atomic E-state index is 10.6. The third-order valence-corrected chi connectivity index (χ3v) is 11.4. The SMILES string of the molecule is NC(CO)(CO)CO.OP(O)OC(C1CCCCCCCCC1)(C1CCCCCCCCC1)C1CCCCCCCCC1. The largest absolute Gasteiger partial charge is 0.394 e. The Hall–Kier alpha value is 0.150. The molecule has 3 aliphatic carbocycles. The fourth-order valence-corrected chi connectivity index (χ4v) is 9.03. The van der Waals surface area contributed by atoms with E-state index in [1.807, 2.05) is 0 Å². The van der Waals surface area contributed by atoms with Crippen LogP contribution in [-0.2, 0) is 4.52 Å². The molecule has 0 radical (unpaired) electrons. The van der Waals surface area contributed by atoms with Crippen molar-refractivity contribution in [3.8, 4) is 0 Å². The summed E-state index contributed by atoms with van der Waals surface area (Å²) in [5.74, 6) is 1.47. The molecule has 3 fully saturated rings. The second-order valence-corrected chi connectivity index (χ2v) is 15.0. The number of rotatable bonds is 8. The lowest BCUT2D eigenvalue weighted by Gasteiger charge is -2.52. The standard InChI is InChI=1S/C31H59O3P.C4H11NO3/c32-35(33)34-31(28-22-16-10-4-1-5-11-17-23-28,29-24-18-12-6-2-7-13-19-25-29)30-26-20-14-8-3-9-15-21-27-30;5-4(1-6,2-7)3-8/h28-30,32-33H,1-27H2;6-8H,1-3,5H2. The van der Waals surface area contributed by atoms with E-state index in [0.29, 0.717) is 17.8 Å². The van der Waals surface area contributed by atoms with Crippen LogP contribution >= 0.6 is 8.60 Å². The zero-order valence-electron chi connectivity index (χ0n) is 27.6. The molecule has 0 saturated heterocycles. The molecular weight excluding hydrogens is 561 g/mol. The summed E-state index contributed by atoms with van der Waals surface area (Å²) in [5.41, 5.74) is 3.61. The van der Waals surface area contributed by atoms with Gasteiger partial charge >= 0.3 is 8.60 Å². The number of hydrogen-bond acceptors (Lipinski definition) is 7. The lowest BCUT2D eigenvalue weighted by Crippen LogP contribution is -2.53. The van der Waals surface area contributed by atoms with Crippen molar-refractivity contribution in [2.24, 2.45) is 23.5 Å². The van der Waals surface area contributed by atoms with Gasteiger partial charge in [-0.15, -0.1) is 0 Å². The van der Waals surface area contributed by atoms with Crippen LogP contribution in [0.4, 0.5) is 0 Å². The van der Waals surface area contributed by atoms with Crippen molar-refractivity contribution >= 4 is 8.60 Å². The molecule has 3 aliphatic rings. The molecule has 0 heterocycles. The van der Waals surface area contributed by atoms with Gasteiger partial charge in [-0.3, -0.25) is 0 Å². The van der Waals surface area contributed by atoms with Crippen LogP contribution in [0.1, 0.15) is 173 Å². The molecule has 0 atom stereocenters. The lowest BCUT2D eigenvalue weighted by atomic mass is 9.61. The predicted octanol–water partition coefficient (Wildman–Crippen LogP) is 8.04.